The van der Waals surface area contributed by atoms with Crippen LogP contribution in [-0.4, -0.2) is 34.3 Å². The fourth-order valence-electron chi connectivity index (χ4n) is 2.69. The second-order valence-corrected chi connectivity index (χ2v) is 5.96. The van der Waals surface area contributed by atoms with Crippen LogP contribution in [0.2, 0.25) is 0 Å². The molecule has 1 aliphatic heterocycles. The van der Waals surface area contributed by atoms with E-state index in [0.717, 1.165) is 13.1 Å². The Morgan fingerprint density at radius 2 is 2.16 bits per heavy atom. The highest BCUT2D eigenvalue weighted by Gasteiger charge is 2.20. The predicted molar refractivity (Wildman–Crippen MR) is 79.4 cm³/mol. The van der Waals surface area contributed by atoms with Crippen LogP contribution >= 0.6 is 11.3 Å². The van der Waals surface area contributed by atoms with E-state index >= 15 is 0 Å². The maximum absolute atomic E-state index is 5.67. The van der Waals surface area contributed by atoms with E-state index in [4.69, 9.17) is 5.73 Å². The third-order valence-corrected chi connectivity index (χ3v) is 4.59. The summed E-state index contributed by atoms with van der Waals surface area (Å²) in [5.41, 5.74) is 7.14. The zero-order chi connectivity index (χ0) is 13.1. The molecular formula is C14H20N4S. The first kappa shape index (κ1) is 12.7. The van der Waals surface area contributed by atoms with Crippen LogP contribution in [0.1, 0.15) is 24.4 Å². The van der Waals surface area contributed by atoms with Gasteiger partial charge >= 0.3 is 0 Å². The maximum Gasteiger partial charge on any atom is 0.145 e. The number of aromatic nitrogens is 2. The molecule has 4 nitrogen and oxygen atoms in total. The fourth-order valence-corrected chi connectivity index (χ4v) is 3.39. The lowest BCUT2D eigenvalue weighted by atomic mass is 10.0. The molecule has 3 heterocycles. The Morgan fingerprint density at radius 1 is 1.32 bits per heavy atom. The van der Waals surface area contributed by atoms with Crippen LogP contribution in [0.25, 0.3) is 0 Å². The van der Waals surface area contributed by atoms with Gasteiger partial charge in [-0.05, 0) is 47.7 Å². The second-order valence-electron chi connectivity index (χ2n) is 5.18. The molecule has 2 aromatic heterocycles. The number of anilines is 1. The summed E-state index contributed by atoms with van der Waals surface area (Å²) < 4.78 is 2.03. The normalized spacial score (nSPS) is 17.9. The molecule has 0 atom stereocenters. The average Bonchev–Trinajstić information content (AvgIpc) is 3.08. The molecule has 0 radical (unpaired) electrons. The van der Waals surface area contributed by atoms with E-state index < -0.39 is 0 Å². The predicted octanol–water partition coefficient (Wildman–Crippen LogP) is 2.41. The SMILES string of the molecule is Nc1ccn(C2CCN(CCc3ccsc3)CC2)n1. The van der Waals surface area contributed by atoms with Crippen LogP contribution in [0.15, 0.2) is 29.1 Å². The summed E-state index contributed by atoms with van der Waals surface area (Å²) in [7, 11) is 0. The molecule has 0 amide bonds. The Labute approximate surface area is 117 Å². The Balaban J connectivity index is 1.47. The van der Waals surface area contributed by atoms with E-state index in [9.17, 15) is 0 Å². The number of nitrogen functional groups attached to an aromatic ring is 1. The van der Waals surface area contributed by atoms with Crippen molar-refractivity contribution in [2.24, 2.45) is 0 Å². The van der Waals surface area contributed by atoms with Crippen LogP contribution < -0.4 is 5.73 Å². The van der Waals surface area contributed by atoms with Gasteiger partial charge < -0.3 is 10.6 Å². The number of likely N-dealkylation sites (tertiary alicyclic amines) is 1. The van der Waals surface area contributed by atoms with Crippen LogP contribution in [0.4, 0.5) is 5.82 Å². The van der Waals surface area contributed by atoms with Gasteiger partial charge in [0, 0.05) is 25.8 Å². The van der Waals surface area contributed by atoms with E-state index in [-0.39, 0.29) is 0 Å². The summed E-state index contributed by atoms with van der Waals surface area (Å²) >= 11 is 1.78. The smallest absolute Gasteiger partial charge is 0.145 e. The van der Waals surface area contributed by atoms with Crippen molar-refractivity contribution in [2.75, 3.05) is 25.4 Å². The van der Waals surface area contributed by atoms with E-state index in [1.54, 1.807) is 11.3 Å². The Morgan fingerprint density at radius 3 is 2.79 bits per heavy atom. The molecule has 0 spiro atoms. The molecule has 0 aromatic carbocycles. The average molecular weight is 276 g/mol. The first-order valence-electron chi connectivity index (χ1n) is 6.85. The van der Waals surface area contributed by atoms with Gasteiger partial charge in [0.25, 0.3) is 0 Å². The highest BCUT2D eigenvalue weighted by molar-refractivity contribution is 7.07. The molecule has 19 heavy (non-hydrogen) atoms. The molecule has 5 heteroatoms. The Kier molecular flexibility index (Phi) is 3.84. The van der Waals surface area contributed by atoms with Gasteiger partial charge in [-0.1, -0.05) is 0 Å². The summed E-state index contributed by atoms with van der Waals surface area (Å²) in [6.07, 6.45) is 5.51. The Hall–Kier alpha value is -1.33. The van der Waals surface area contributed by atoms with Crippen LogP contribution in [-0.2, 0) is 6.42 Å². The van der Waals surface area contributed by atoms with Crippen LogP contribution in [0.5, 0.6) is 0 Å². The molecule has 1 aliphatic rings. The van der Waals surface area contributed by atoms with Crippen molar-refractivity contribution in [3.63, 3.8) is 0 Å². The van der Waals surface area contributed by atoms with E-state index in [0.29, 0.717) is 11.9 Å². The van der Waals surface area contributed by atoms with Crippen LogP contribution in [0.3, 0.4) is 0 Å². The molecule has 102 valence electrons. The van der Waals surface area contributed by atoms with Gasteiger partial charge in [-0.3, -0.25) is 4.68 Å². The molecule has 2 N–H and O–H groups in total. The van der Waals surface area contributed by atoms with Crippen molar-refractivity contribution < 1.29 is 0 Å². The quantitative estimate of drug-likeness (QED) is 0.933. The van der Waals surface area contributed by atoms with E-state index in [1.807, 2.05) is 16.9 Å². The summed E-state index contributed by atoms with van der Waals surface area (Å²) in [5.74, 6) is 0.625. The molecule has 2 aromatic rings. The van der Waals surface area contributed by atoms with Gasteiger partial charge in [-0.2, -0.15) is 16.4 Å². The first-order chi connectivity index (χ1) is 9.31. The zero-order valence-corrected chi connectivity index (χ0v) is 11.9. The monoisotopic (exact) mass is 276 g/mol. The molecule has 1 fully saturated rings. The van der Waals surface area contributed by atoms with Crippen LogP contribution in [0, 0.1) is 0 Å². The summed E-state index contributed by atoms with van der Waals surface area (Å²) in [5, 5.41) is 8.73. The van der Waals surface area contributed by atoms with Gasteiger partial charge in [-0.15, -0.1) is 0 Å². The number of hydrogen-bond acceptors (Lipinski definition) is 4. The number of piperidine rings is 1. The van der Waals surface area contributed by atoms with Gasteiger partial charge in [0.1, 0.15) is 5.82 Å². The highest BCUT2D eigenvalue weighted by Crippen LogP contribution is 2.22. The number of thiophene rings is 1. The minimum atomic E-state index is 0.523. The van der Waals surface area contributed by atoms with Crippen molar-refractivity contribution in [3.05, 3.63) is 34.7 Å². The lowest BCUT2D eigenvalue weighted by Gasteiger charge is -2.31. The largest absolute Gasteiger partial charge is 0.382 e. The minimum Gasteiger partial charge on any atom is -0.382 e. The van der Waals surface area contributed by atoms with Crippen molar-refractivity contribution >= 4 is 17.2 Å². The van der Waals surface area contributed by atoms with Crippen molar-refractivity contribution in [1.29, 1.82) is 0 Å². The number of nitrogens with zero attached hydrogens (tertiary/aromatic N) is 3. The van der Waals surface area contributed by atoms with E-state index in [2.05, 4.69) is 26.8 Å². The molecular weight excluding hydrogens is 256 g/mol. The number of hydrogen-bond donors (Lipinski definition) is 1. The summed E-state index contributed by atoms with van der Waals surface area (Å²) in [6.45, 7) is 3.49. The minimum absolute atomic E-state index is 0.523. The maximum atomic E-state index is 5.67. The second kappa shape index (κ2) is 5.75. The summed E-state index contributed by atoms with van der Waals surface area (Å²) in [6, 6.07) is 4.63. The zero-order valence-electron chi connectivity index (χ0n) is 11.0. The molecule has 0 unspecified atom stereocenters. The third-order valence-electron chi connectivity index (χ3n) is 3.86. The van der Waals surface area contributed by atoms with Gasteiger partial charge in [-0.25, -0.2) is 0 Å². The highest BCUT2D eigenvalue weighted by atomic mass is 32.1. The van der Waals surface area contributed by atoms with E-state index in [1.165, 1.54) is 31.4 Å². The third kappa shape index (κ3) is 3.16. The van der Waals surface area contributed by atoms with Gasteiger partial charge in [0.2, 0.25) is 0 Å². The number of rotatable bonds is 4. The molecule has 1 saturated heterocycles. The lowest BCUT2D eigenvalue weighted by molar-refractivity contribution is 0.182. The van der Waals surface area contributed by atoms with Crippen molar-refractivity contribution in [1.82, 2.24) is 14.7 Å². The lowest BCUT2D eigenvalue weighted by Crippen LogP contribution is -2.36. The van der Waals surface area contributed by atoms with Gasteiger partial charge in [0.05, 0.1) is 6.04 Å². The number of nitrogens with two attached hydrogens (primary N) is 1. The summed E-state index contributed by atoms with van der Waals surface area (Å²) in [4.78, 5) is 2.56. The molecule has 0 saturated carbocycles. The topological polar surface area (TPSA) is 47.1 Å². The van der Waals surface area contributed by atoms with Gasteiger partial charge in [0.15, 0.2) is 0 Å². The first-order valence-corrected chi connectivity index (χ1v) is 7.79. The fraction of sp³-hybridized carbons (Fsp3) is 0.500. The van der Waals surface area contributed by atoms with Crippen molar-refractivity contribution in [2.45, 2.75) is 25.3 Å². The molecule has 0 bridgehead atoms. The molecule has 3 rings (SSSR count). The standard InChI is InChI=1S/C14H20N4S/c15-14-4-9-18(16-14)13-2-7-17(8-3-13)6-1-12-5-10-19-11-12/h4-5,9-11,13H,1-3,6-8H2,(H2,15,16). The molecule has 0 aliphatic carbocycles. The van der Waals surface area contributed by atoms with Crippen molar-refractivity contribution in [3.8, 4) is 0 Å². The Bertz CT molecular complexity index is 497.